The Balaban J connectivity index is 2.73. The molecule has 0 atom stereocenters. The predicted molar refractivity (Wildman–Crippen MR) is 69.2 cm³/mol. The van der Waals surface area contributed by atoms with Crippen LogP contribution in [0.3, 0.4) is 0 Å². The van der Waals surface area contributed by atoms with E-state index in [1.165, 1.54) is 12.1 Å². The number of rotatable bonds is 3. The largest absolute Gasteiger partial charge is 0.478 e. The molecule has 0 aliphatic carbocycles. The number of hydrogen-bond acceptors (Lipinski definition) is 2. The Morgan fingerprint density at radius 3 is 2.50 bits per heavy atom. The molecule has 0 aliphatic rings. The predicted octanol–water partition coefficient (Wildman–Crippen LogP) is 3.52. The van der Waals surface area contributed by atoms with Gasteiger partial charge in [-0.3, -0.25) is 4.79 Å². The van der Waals surface area contributed by atoms with Crippen LogP contribution in [0.25, 0.3) is 11.1 Å². The SMILES string of the molecule is O=Cc1ccccc1-c1cc(Cl)ccc1C(=O)O. The van der Waals surface area contributed by atoms with Crippen LogP contribution in [-0.2, 0) is 0 Å². The third-order valence-corrected chi connectivity index (χ3v) is 2.83. The fourth-order valence-electron chi connectivity index (χ4n) is 1.77. The molecule has 2 rings (SSSR count). The van der Waals surface area contributed by atoms with Gasteiger partial charge in [0, 0.05) is 10.6 Å². The molecule has 1 N–H and O–H groups in total. The number of carboxylic acid groups (broad SMARTS) is 1. The highest BCUT2D eigenvalue weighted by atomic mass is 35.5. The summed E-state index contributed by atoms with van der Waals surface area (Å²) >= 11 is 5.89. The lowest BCUT2D eigenvalue weighted by atomic mass is 9.96. The van der Waals surface area contributed by atoms with Gasteiger partial charge in [-0.25, -0.2) is 4.79 Å². The van der Waals surface area contributed by atoms with Crippen LogP contribution >= 0.6 is 11.6 Å². The van der Waals surface area contributed by atoms with Gasteiger partial charge in [-0.2, -0.15) is 0 Å². The van der Waals surface area contributed by atoms with Crippen LogP contribution in [0.4, 0.5) is 0 Å². The van der Waals surface area contributed by atoms with Gasteiger partial charge in [0.05, 0.1) is 5.56 Å². The second-order valence-electron chi connectivity index (χ2n) is 3.70. The van der Waals surface area contributed by atoms with E-state index in [2.05, 4.69) is 0 Å². The van der Waals surface area contributed by atoms with Gasteiger partial charge in [0.2, 0.25) is 0 Å². The van der Waals surface area contributed by atoms with Crippen molar-refractivity contribution in [2.75, 3.05) is 0 Å². The van der Waals surface area contributed by atoms with E-state index in [0.717, 1.165) is 0 Å². The summed E-state index contributed by atoms with van der Waals surface area (Å²) in [6, 6.07) is 11.3. The summed E-state index contributed by atoms with van der Waals surface area (Å²) in [6.45, 7) is 0. The van der Waals surface area contributed by atoms with Gasteiger partial charge in [0.1, 0.15) is 0 Å². The minimum absolute atomic E-state index is 0.119. The summed E-state index contributed by atoms with van der Waals surface area (Å²) < 4.78 is 0. The van der Waals surface area contributed by atoms with E-state index in [0.29, 0.717) is 28.0 Å². The maximum absolute atomic E-state index is 11.2. The molecule has 0 aromatic heterocycles. The average molecular weight is 261 g/mol. The van der Waals surface area contributed by atoms with E-state index in [4.69, 9.17) is 16.7 Å². The standard InChI is InChI=1S/C14H9ClO3/c15-10-5-6-12(14(17)18)13(7-10)11-4-2-1-3-9(11)8-16/h1-8H,(H,17,18). The molecule has 0 heterocycles. The Labute approximate surface area is 109 Å². The first kappa shape index (κ1) is 12.3. The molecule has 3 nitrogen and oxygen atoms in total. The smallest absolute Gasteiger partial charge is 0.336 e. The summed E-state index contributed by atoms with van der Waals surface area (Å²) in [5.41, 5.74) is 1.56. The van der Waals surface area contributed by atoms with Crippen molar-refractivity contribution in [1.82, 2.24) is 0 Å². The summed E-state index contributed by atoms with van der Waals surface area (Å²) in [6.07, 6.45) is 0.696. The number of hydrogen-bond donors (Lipinski definition) is 1. The molecule has 18 heavy (non-hydrogen) atoms. The van der Waals surface area contributed by atoms with Gasteiger partial charge in [-0.1, -0.05) is 35.9 Å². The second kappa shape index (κ2) is 5.02. The number of aldehydes is 1. The van der Waals surface area contributed by atoms with Crippen LogP contribution in [0.15, 0.2) is 42.5 Å². The molecule has 0 amide bonds. The Morgan fingerprint density at radius 1 is 1.11 bits per heavy atom. The Kier molecular flexibility index (Phi) is 3.44. The second-order valence-corrected chi connectivity index (χ2v) is 4.14. The lowest BCUT2D eigenvalue weighted by Gasteiger charge is -2.09. The van der Waals surface area contributed by atoms with Gasteiger partial charge < -0.3 is 5.11 Å². The zero-order chi connectivity index (χ0) is 13.1. The Hall–Kier alpha value is -2.13. The third-order valence-electron chi connectivity index (χ3n) is 2.59. The molecule has 0 spiro atoms. The quantitative estimate of drug-likeness (QED) is 0.859. The van der Waals surface area contributed by atoms with Crippen LogP contribution in [0.5, 0.6) is 0 Å². The van der Waals surface area contributed by atoms with Crippen molar-refractivity contribution in [3.05, 3.63) is 58.6 Å². The zero-order valence-electron chi connectivity index (χ0n) is 9.26. The highest BCUT2D eigenvalue weighted by molar-refractivity contribution is 6.31. The van der Waals surface area contributed by atoms with Crippen LogP contribution < -0.4 is 0 Å². The van der Waals surface area contributed by atoms with Crippen LogP contribution in [-0.4, -0.2) is 17.4 Å². The molecule has 0 aliphatic heterocycles. The first-order valence-electron chi connectivity index (χ1n) is 5.21. The van der Waals surface area contributed by atoms with Crippen LogP contribution in [0, 0.1) is 0 Å². The molecule has 2 aromatic rings. The van der Waals surface area contributed by atoms with Crippen molar-refractivity contribution >= 4 is 23.9 Å². The number of carbonyl (C=O) groups is 2. The van der Waals surface area contributed by atoms with Crippen molar-refractivity contribution in [3.63, 3.8) is 0 Å². The van der Waals surface area contributed by atoms with E-state index in [-0.39, 0.29) is 5.56 Å². The van der Waals surface area contributed by atoms with Gasteiger partial charge in [0.15, 0.2) is 6.29 Å². The topological polar surface area (TPSA) is 54.4 Å². The van der Waals surface area contributed by atoms with Crippen molar-refractivity contribution in [2.45, 2.75) is 0 Å². The first-order chi connectivity index (χ1) is 8.63. The number of benzene rings is 2. The molecule has 0 saturated heterocycles. The van der Waals surface area contributed by atoms with Crippen molar-refractivity contribution in [1.29, 1.82) is 0 Å². The van der Waals surface area contributed by atoms with E-state index in [9.17, 15) is 9.59 Å². The van der Waals surface area contributed by atoms with Crippen LogP contribution in [0.2, 0.25) is 5.02 Å². The lowest BCUT2D eigenvalue weighted by molar-refractivity contribution is 0.0697. The monoisotopic (exact) mass is 260 g/mol. The molecular weight excluding hydrogens is 252 g/mol. The van der Waals surface area contributed by atoms with Crippen molar-refractivity contribution in [3.8, 4) is 11.1 Å². The molecule has 4 heteroatoms. The first-order valence-corrected chi connectivity index (χ1v) is 5.58. The number of halogens is 1. The minimum Gasteiger partial charge on any atom is -0.478 e. The highest BCUT2D eigenvalue weighted by Crippen LogP contribution is 2.29. The lowest BCUT2D eigenvalue weighted by Crippen LogP contribution is -2.00. The zero-order valence-corrected chi connectivity index (χ0v) is 10.0. The van der Waals surface area contributed by atoms with Crippen molar-refractivity contribution < 1.29 is 14.7 Å². The molecule has 0 fully saturated rings. The van der Waals surface area contributed by atoms with E-state index in [1.807, 2.05) is 0 Å². The summed E-state index contributed by atoms with van der Waals surface area (Å²) in [5, 5.41) is 9.58. The molecule has 0 unspecified atom stereocenters. The summed E-state index contributed by atoms with van der Waals surface area (Å²) in [5.74, 6) is -1.05. The van der Waals surface area contributed by atoms with Gasteiger partial charge >= 0.3 is 5.97 Å². The molecule has 0 radical (unpaired) electrons. The molecule has 0 bridgehead atoms. The van der Waals surface area contributed by atoms with E-state index in [1.54, 1.807) is 30.3 Å². The Morgan fingerprint density at radius 2 is 1.83 bits per heavy atom. The maximum atomic E-state index is 11.2. The fraction of sp³-hybridized carbons (Fsp3) is 0. The molecular formula is C14H9ClO3. The third kappa shape index (κ3) is 2.26. The number of carbonyl (C=O) groups excluding carboxylic acids is 1. The Bertz CT molecular complexity index is 620. The molecule has 0 saturated carbocycles. The maximum Gasteiger partial charge on any atom is 0.336 e. The van der Waals surface area contributed by atoms with Gasteiger partial charge in [0.25, 0.3) is 0 Å². The van der Waals surface area contributed by atoms with E-state index >= 15 is 0 Å². The number of carboxylic acids is 1. The molecule has 2 aromatic carbocycles. The fourth-order valence-corrected chi connectivity index (χ4v) is 1.94. The normalized spacial score (nSPS) is 10.1. The highest BCUT2D eigenvalue weighted by Gasteiger charge is 2.14. The summed E-state index contributed by atoms with van der Waals surface area (Å²) in [4.78, 5) is 22.2. The minimum atomic E-state index is -1.05. The summed E-state index contributed by atoms with van der Waals surface area (Å²) in [7, 11) is 0. The van der Waals surface area contributed by atoms with E-state index < -0.39 is 5.97 Å². The number of aromatic carboxylic acids is 1. The van der Waals surface area contributed by atoms with Crippen molar-refractivity contribution in [2.24, 2.45) is 0 Å². The molecule has 90 valence electrons. The average Bonchev–Trinajstić information content (AvgIpc) is 2.38. The van der Waals surface area contributed by atoms with Crippen LogP contribution in [0.1, 0.15) is 20.7 Å². The van der Waals surface area contributed by atoms with Gasteiger partial charge in [-0.05, 0) is 29.3 Å². The van der Waals surface area contributed by atoms with Gasteiger partial charge in [-0.15, -0.1) is 0 Å².